The molecule has 0 radical (unpaired) electrons. The molecule has 3 aromatic heterocycles. The number of hydrogen-bond acceptors (Lipinski definition) is 9. The van der Waals surface area contributed by atoms with Crippen LogP contribution in [-0.4, -0.2) is 92.7 Å². The van der Waals surface area contributed by atoms with Gasteiger partial charge in [0.2, 0.25) is 11.7 Å². The van der Waals surface area contributed by atoms with Crippen molar-refractivity contribution >= 4 is 11.0 Å². The van der Waals surface area contributed by atoms with Gasteiger partial charge in [0.1, 0.15) is 30.1 Å². The molecule has 13 heteroatoms. The molecule has 3 aromatic rings. The molecule has 1 N–H and O–H groups in total. The maximum Gasteiger partial charge on any atom is 0.421 e. The van der Waals surface area contributed by atoms with Crippen LogP contribution in [0.4, 0.5) is 13.2 Å². The van der Waals surface area contributed by atoms with Crippen LogP contribution in [0.5, 0.6) is 5.88 Å². The molecule has 1 unspecified atom stereocenters. The Morgan fingerprint density at radius 2 is 2.03 bits per heavy atom. The summed E-state index contributed by atoms with van der Waals surface area (Å²) in [6.45, 7) is 2.20. The third kappa shape index (κ3) is 5.69. The molecule has 5 heterocycles. The SMILES string of the molecule is CN1CCC[C@H]1C(O)N1CC[C@H](OCCOc2ncc(-c3nc(C#N)nc4c3ccn4C)cc2C(F)(F)F)C1. The Labute approximate surface area is 223 Å². The summed E-state index contributed by atoms with van der Waals surface area (Å²) in [5, 5.41) is 20.5. The van der Waals surface area contributed by atoms with Gasteiger partial charge in [-0.1, -0.05) is 0 Å². The molecule has 39 heavy (non-hydrogen) atoms. The Hall–Kier alpha value is -3.31. The highest BCUT2D eigenvalue weighted by molar-refractivity contribution is 5.91. The molecule has 0 saturated carbocycles. The van der Waals surface area contributed by atoms with Crippen LogP contribution in [0, 0.1) is 11.3 Å². The van der Waals surface area contributed by atoms with E-state index < -0.39 is 23.8 Å². The standard InChI is InChI=1S/C26H30F3N7O3/c1-34-7-3-4-20(34)25(37)36-9-5-17(15-36)38-10-11-39-24-19(26(27,28)29)12-16(14-31-24)22-18-6-8-35(2)23(18)33-21(13-30)32-22/h6,8,12,14,17,20,25,37H,3-5,7,9-11,15H2,1-2H3/t17-,20-,25?/m0/s1. The number of hydrogen-bond donors (Lipinski definition) is 1. The number of alkyl halides is 3. The lowest BCUT2D eigenvalue weighted by Crippen LogP contribution is -2.47. The van der Waals surface area contributed by atoms with Gasteiger partial charge in [-0.2, -0.15) is 18.4 Å². The molecule has 3 atom stereocenters. The van der Waals surface area contributed by atoms with Gasteiger partial charge in [0, 0.05) is 49.5 Å². The van der Waals surface area contributed by atoms with Gasteiger partial charge < -0.3 is 19.1 Å². The first-order valence-electron chi connectivity index (χ1n) is 12.8. The number of rotatable bonds is 8. The molecule has 0 amide bonds. The van der Waals surface area contributed by atoms with E-state index >= 15 is 0 Å². The number of aryl methyl sites for hydroxylation is 1. The van der Waals surface area contributed by atoms with E-state index in [1.807, 2.05) is 18.0 Å². The normalized spacial score (nSPS) is 21.5. The summed E-state index contributed by atoms with van der Waals surface area (Å²) >= 11 is 0. The van der Waals surface area contributed by atoms with Gasteiger partial charge in [-0.3, -0.25) is 9.80 Å². The Balaban J connectivity index is 1.24. The number of aliphatic hydroxyl groups excluding tert-OH is 1. The van der Waals surface area contributed by atoms with E-state index in [0.717, 1.165) is 31.9 Å². The van der Waals surface area contributed by atoms with Crippen LogP contribution in [-0.2, 0) is 18.0 Å². The zero-order valence-electron chi connectivity index (χ0n) is 21.7. The number of fused-ring (bicyclic) bond motifs is 1. The smallest absolute Gasteiger partial charge is 0.421 e. The first-order valence-corrected chi connectivity index (χ1v) is 12.8. The van der Waals surface area contributed by atoms with Crippen molar-refractivity contribution in [3.63, 3.8) is 0 Å². The molecule has 0 bridgehead atoms. The summed E-state index contributed by atoms with van der Waals surface area (Å²) in [6.07, 6.45) is 0.266. The molecule has 0 aliphatic carbocycles. The number of nitrogens with zero attached hydrogens (tertiary/aromatic N) is 7. The number of ether oxygens (including phenoxy) is 2. The van der Waals surface area contributed by atoms with Crippen LogP contribution in [0.1, 0.15) is 30.7 Å². The van der Waals surface area contributed by atoms with Crippen LogP contribution in [0.25, 0.3) is 22.3 Å². The van der Waals surface area contributed by atoms with Gasteiger partial charge >= 0.3 is 6.18 Å². The maximum absolute atomic E-state index is 14.0. The van der Waals surface area contributed by atoms with Crippen LogP contribution in [0.2, 0.25) is 0 Å². The molecule has 2 fully saturated rings. The molecule has 2 saturated heterocycles. The van der Waals surface area contributed by atoms with Gasteiger partial charge in [-0.05, 0) is 45.0 Å². The number of aliphatic hydroxyl groups is 1. The number of likely N-dealkylation sites (N-methyl/N-ethyl adjacent to an activating group) is 1. The number of pyridine rings is 1. The zero-order chi connectivity index (χ0) is 27.7. The number of aromatic nitrogens is 4. The van der Waals surface area contributed by atoms with Gasteiger partial charge in [0.25, 0.3) is 0 Å². The second kappa shape index (κ2) is 11.1. The topological polar surface area (TPSA) is 113 Å². The molecule has 208 valence electrons. The second-order valence-corrected chi connectivity index (χ2v) is 9.97. The third-order valence-corrected chi connectivity index (χ3v) is 7.40. The van der Waals surface area contributed by atoms with Crippen molar-refractivity contribution in [1.29, 1.82) is 5.26 Å². The summed E-state index contributed by atoms with van der Waals surface area (Å²) in [7, 11) is 3.73. The third-order valence-electron chi connectivity index (χ3n) is 7.40. The van der Waals surface area contributed by atoms with Crippen molar-refractivity contribution in [2.45, 2.75) is 43.8 Å². The lowest BCUT2D eigenvalue weighted by atomic mass is 10.1. The molecular weight excluding hydrogens is 515 g/mol. The quantitative estimate of drug-likeness (QED) is 0.427. The minimum Gasteiger partial charge on any atom is -0.475 e. The summed E-state index contributed by atoms with van der Waals surface area (Å²) in [6, 6.07) is 4.56. The Kier molecular flexibility index (Phi) is 7.73. The monoisotopic (exact) mass is 545 g/mol. The van der Waals surface area contributed by atoms with E-state index in [2.05, 4.69) is 19.9 Å². The summed E-state index contributed by atoms with van der Waals surface area (Å²) in [5.41, 5.74) is -0.340. The van der Waals surface area contributed by atoms with Gasteiger partial charge in [0.15, 0.2) is 0 Å². The fourth-order valence-electron chi connectivity index (χ4n) is 5.35. The minimum absolute atomic E-state index is 0.0841. The van der Waals surface area contributed by atoms with Crippen molar-refractivity contribution in [3.8, 4) is 23.2 Å². The summed E-state index contributed by atoms with van der Waals surface area (Å²) in [4.78, 5) is 16.4. The molecule has 2 aliphatic rings. The van der Waals surface area contributed by atoms with E-state index in [1.165, 1.54) is 6.20 Å². The highest BCUT2D eigenvalue weighted by atomic mass is 19.4. The van der Waals surface area contributed by atoms with Crippen LogP contribution >= 0.6 is 0 Å². The maximum atomic E-state index is 14.0. The fraction of sp³-hybridized carbons (Fsp3) is 0.538. The predicted molar refractivity (Wildman–Crippen MR) is 135 cm³/mol. The van der Waals surface area contributed by atoms with Gasteiger partial charge in [0.05, 0.1) is 18.4 Å². The summed E-state index contributed by atoms with van der Waals surface area (Å²) in [5.74, 6) is -0.708. The average molecular weight is 546 g/mol. The molecule has 10 nitrogen and oxygen atoms in total. The molecule has 5 rings (SSSR count). The predicted octanol–water partition coefficient (Wildman–Crippen LogP) is 2.80. The van der Waals surface area contributed by atoms with E-state index in [4.69, 9.17) is 9.47 Å². The molecule has 0 aromatic carbocycles. The highest BCUT2D eigenvalue weighted by Gasteiger charge is 2.37. The van der Waals surface area contributed by atoms with Crippen molar-refractivity contribution in [2.75, 3.05) is 39.9 Å². The van der Waals surface area contributed by atoms with Crippen molar-refractivity contribution in [1.82, 2.24) is 29.3 Å². The van der Waals surface area contributed by atoms with Crippen molar-refractivity contribution in [3.05, 3.63) is 35.9 Å². The lowest BCUT2D eigenvalue weighted by Gasteiger charge is -2.31. The largest absolute Gasteiger partial charge is 0.475 e. The van der Waals surface area contributed by atoms with E-state index in [9.17, 15) is 23.5 Å². The van der Waals surface area contributed by atoms with Crippen LogP contribution in [0.15, 0.2) is 24.5 Å². The minimum atomic E-state index is -4.73. The Morgan fingerprint density at radius 1 is 1.21 bits per heavy atom. The summed E-state index contributed by atoms with van der Waals surface area (Å²) < 4.78 is 54.8. The van der Waals surface area contributed by atoms with E-state index in [1.54, 1.807) is 23.9 Å². The van der Waals surface area contributed by atoms with Crippen molar-refractivity contribution in [2.24, 2.45) is 7.05 Å². The average Bonchev–Trinajstić information content (AvgIpc) is 3.65. The van der Waals surface area contributed by atoms with E-state index in [0.29, 0.717) is 24.1 Å². The highest BCUT2D eigenvalue weighted by Crippen LogP contribution is 2.38. The first-order chi connectivity index (χ1) is 18.7. The van der Waals surface area contributed by atoms with E-state index in [-0.39, 0.29) is 42.4 Å². The molecule has 0 spiro atoms. The first kappa shape index (κ1) is 27.3. The second-order valence-electron chi connectivity index (χ2n) is 9.97. The fourth-order valence-corrected chi connectivity index (χ4v) is 5.35. The van der Waals surface area contributed by atoms with Crippen molar-refractivity contribution < 1.29 is 27.8 Å². The van der Waals surface area contributed by atoms with Gasteiger partial charge in [-0.25, -0.2) is 15.0 Å². The number of nitriles is 1. The van der Waals surface area contributed by atoms with Gasteiger partial charge in [-0.15, -0.1) is 0 Å². The lowest BCUT2D eigenvalue weighted by molar-refractivity contribution is -0.139. The number of likely N-dealkylation sites (tertiary alicyclic amines) is 2. The Bertz CT molecular complexity index is 1370. The Morgan fingerprint density at radius 3 is 2.74 bits per heavy atom. The van der Waals surface area contributed by atoms with Crippen LogP contribution < -0.4 is 4.74 Å². The van der Waals surface area contributed by atoms with Crippen LogP contribution in [0.3, 0.4) is 0 Å². The molecular formula is C26H30F3N7O3. The number of halogens is 3. The molecule has 2 aliphatic heterocycles. The zero-order valence-corrected chi connectivity index (χ0v) is 21.7.